The van der Waals surface area contributed by atoms with Gasteiger partial charge in [-0.05, 0) is 38.0 Å². The first kappa shape index (κ1) is 16.8. The Morgan fingerprint density at radius 1 is 1.30 bits per heavy atom. The largest absolute Gasteiger partial charge is 0.416 e. The number of nitrogens with zero attached hydrogens (tertiary/aromatic N) is 1. The predicted molar refractivity (Wildman–Crippen MR) is 73.5 cm³/mol. The molecule has 0 spiro atoms. The topological polar surface area (TPSA) is 49.5 Å². The summed E-state index contributed by atoms with van der Waals surface area (Å²) in [5.74, 6) is 0. The van der Waals surface area contributed by atoms with E-state index in [1.54, 1.807) is 6.07 Å². The summed E-state index contributed by atoms with van der Waals surface area (Å²) >= 11 is 0. The number of hydrogen-bond acceptors (Lipinski definition) is 3. The van der Waals surface area contributed by atoms with Crippen molar-refractivity contribution in [2.24, 2.45) is 5.73 Å². The number of nitrogens with two attached hydrogens (primary N) is 1. The first-order valence-electron chi connectivity index (χ1n) is 6.59. The summed E-state index contributed by atoms with van der Waals surface area (Å²) in [5.41, 5.74) is 5.27. The summed E-state index contributed by atoms with van der Waals surface area (Å²) in [7, 11) is 0. The maximum Gasteiger partial charge on any atom is 0.416 e. The highest BCUT2D eigenvalue weighted by molar-refractivity contribution is 5.52. The predicted octanol–water partition coefficient (Wildman–Crippen LogP) is 2.76. The smallest absolute Gasteiger partial charge is 0.396 e. The van der Waals surface area contributed by atoms with Gasteiger partial charge in [-0.25, -0.2) is 0 Å². The average Bonchev–Trinajstić information content (AvgIpc) is 2.37. The van der Waals surface area contributed by atoms with E-state index < -0.39 is 11.7 Å². The minimum atomic E-state index is -4.41. The zero-order chi connectivity index (χ0) is 15.3. The molecule has 1 rings (SSSR count). The quantitative estimate of drug-likeness (QED) is 0.847. The summed E-state index contributed by atoms with van der Waals surface area (Å²) in [6.45, 7) is 4.18. The maximum absolute atomic E-state index is 13.0. The number of halogens is 3. The minimum absolute atomic E-state index is 0.0102. The Balaban J connectivity index is 3.17. The fourth-order valence-corrected chi connectivity index (χ4v) is 2.11. The van der Waals surface area contributed by atoms with Gasteiger partial charge >= 0.3 is 6.18 Å². The number of alkyl halides is 3. The SMILES string of the molecule is CC(C)N(CCCO)c1ccc(CN)c(C(F)(F)F)c1. The van der Waals surface area contributed by atoms with Crippen LogP contribution in [0.4, 0.5) is 18.9 Å². The first-order chi connectivity index (χ1) is 9.31. The average molecular weight is 290 g/mol. The van der Waals surface area contributed by atoms with Crippen molar-refractivity contribution < 1.29 is 18.3 Å². The van der Waals surface area contributed by atoms with Crippen molar-refractivity contribution in [1.82, 2.24) is 0 Å². The van der Waals surface area contributed by atoms with Gasteiger partial charge in [-0.2, -0.15) is 13.2 Å². The number of aliphatic hydroxyl groups is 1. The molecule has 0 fully saturated rings. The molecule has 0 aromatic heterocycles. The normalized spacial score (nSPS) is 12.0. The highest BCUT2D eigenvalue weighted by Crippen LogP contribution is 2.35. The highest BCUT2D eigenvalue weighted by atomic mass is 19.4. The Hall–Kier alpha value is -1.27. The second kappa shape index (κ2) is 6.95. The summed E-state index contributed by atoms with van der Waals surface area (Å²) in [6.07, 6.45) is -3.90. The van der Waals surface area contributed by atoms with Crippen LogP contribution in [0.2, 0.25) is 0 Å². The van der Waals surface area contributed by atoms with E-state index in [2.05, 4.69) is 0 Å². The van der Waals surface area contributed by atoms with Gasteiger partial charge in [-0.15, -0.1) is 0 Å². The van der Waals surface area contributed by atoms with Crippen LogP contribution in [0.25, 0.3) is 0 Å². The molecule has 1 aromatic rings. The third-order valence-electron chi connectivity index (χ3n) is 3.13. The van der Waals surface area contributed by atoms with Gasteiger partial charge in [0.15, 0.2) is 0 Å². The van der Waals surface area contributed by atoms with Gasteiger partial charge in [0.25, 0.3) is 0 Å². The Kier molecular flexibility index (Phi) is 5.83. The highest BCUT2D eigenvalue weighted by Gasteiger charge is 2.33. The van der Waals surface area contributed by atoms with Crippen LogP contribution in [0.15, 0.2) is 18.2 Å². The summed E-state index contributed by atoms with van der Waals surface area (Å²) < 4.78 is 39.1. The van der Waals surface area contributed by atoms with Gasteiger partial charge in [0.05, 0.1) is 5.56 Å². The molecule has 0 unspecified atom stereocenters. The second-order valence-corrected chi connectivity index (χ2v) is 4.91. The lowest BCUT2D eigenvalue weighted by Gasteiger charge is -2.30. The van der Waals surface area contributed by atoms with E-state index >= 15 is 0 Å². The van der Waals surface area contributed by atoms with Crippen molar-refractivity contribution in [2.45, 2.75) is 39.0 Å². The van der Waals surface area contributed by atoms with Crippen molar-refractivity contribution in [2.75, 3.05) is 18.1 Å². The lowest BCUT2D eigenvalue weighted by atomic mass is 10.0. The Morgan fingerprint density at radius 3 is 2.40 bits per heavy atom. The number of aliphatic hydroxyl groups excluding tert-OH is 1. The molecule has 3 nitrogen and oxygen atoms in total. The van der Waals surface area contributed by atoms with E-state index in [1.807, 2.05) is 18.7 Å². The molecule has 6 heteroatoms. The molecule has 3 N–H and O–H groups in total. The van der Waals surface area contributed by atoms with E-state index in [9.17, 15) is 13.2 Å². The summed E-state index contributed by atoms with van der Waals surface area (Å²) in [4.78, 5) is 1.84. The minimum Gasteiger partial charge on any atom is -0.396 e. The van der Waals surface area contributed by atoms with Gasteiger partial charge in [0.2, 0.25) is 0 Å². The van der Waals surface area contributed by atoms with Crippen LogP contribution in [0.1, 0.15) is 31.4 Å². The van der Waals surface area contributed by atoms with Crippen LogP contribution in [0.3, 0.4) is 0 Å². The van der Waals surface area contributed by atoms with E-state index in [0.717, 1.165) is 6.07 Å². The van der Waals surface area contributed by atoms with Gasteiger partial charge < -0.3 is 15.7 Å². The molecular weight excluding hydrogens is 269 g/mol. The van der Waals surface area contributed by atoms with Crippen LogP contribution >= 0.6 is 0 Å². The van der Waals surface area contributed by atoms with Crippen molar-refractivity contribution in [3.8, 4) is 0 Å². The lowest BCUT2D eigenvalue weighted by Crippen LogP contribution is -2.32. The van der Waals surface area contributed by atoms with Crippen LogP contribution < -0.4 is 10.6 Å². The third-order valence-corrected chi connectivity index (χ3v) is 3.13. The summed E-state index contributed by atoms with van der Waals surface area (Å²) in [6, 6.07) is 4.26. The molecule has 114 valence electrons. The molecule has 1 aromatic carbocycles. The zero-order valence-electron chi connectivity index (χ0n) is 11.7. The van der Waals surface area contributed by atoms with Crippen LogP contribution in [0.5, 0.6) is 0 Å². The van der Waals surface area contributed by atoms with Gasteiger partial charge in [0, 0.05) is 31.4 Å². The number of benzene rings is 1. The van der Waals surface area contributed by atoms with E-state index in [0.29, 0.717) is 18.7 Å². The Bertz CT molecular complexity index is 433. The van der Waals surface area contributed by atoms with Crippen LogP contribution in [0, 0.1) is 0 Å². The molecule has 0 aliphatic heterocycles. The fourth-order valence-electron chi connectivity index (χ4n) is 2.11. The van der Waals surface area contributed by atoms with Gasteiger partial charge in [-0.1, -0.05) is 6.07 Å². The lowest BCUT2D eigenvalue weighted by molar-refractivity contribution is -0.138. The molecule has 0 bridgehead atoms. The molecule has 0 saturated heterocycles. The van der Waals surface area contributed by atoms with Crippen molar-refractivity contribution in [3.05, 3.63) is 29.3 Å². The van der Waals surface area contributed by atoms with Crippen molar-refractivity contribution >= 4 is 5.69 Å². The van der Waals surface area contributed by atoms with Crippen molar-refractivity contribution in [1.29, 1.82) is 0 Å². The Labute approximate surface area is 117 Å². The number of anilines is 1. The van der Waals surface area contributed by atoms with Gasteiger partial charge in [0.1, 0.15) is 0 Å². The monoisotopic (exact) mass is 290 g/mol. The standard InChI is InChI=1S/C14H21F3N2O/c1-10(2)19(6-3-7-20)12-5-4-11(9-18)13(8-12)14(15,16)17/h4-5,8,10,20H,3,6-7,9,18H2,1-2H3. The van der Waals surface area contributed by atoms with E-state index in [1.165, 1.54) is 6.07 Å². The molecule has 20 heavy (non-hydrogen) atoms. The molecule has 0 amide bonds. The molecule has 0 atom stereocenters. The molecule has 0 aliphatic rings. The van der Waals surface area contributed by atoms with Crippen LogP contribution in [-0.2, 0) is 12.7 Å². The third kappa shape index (κ3) is 4.11. The zero-order valence-corrected chi connectivity index (χ0v) is 11.7. The van der Waals surface area contributed by atoms with Crippen molar-refractivity contribution in [3.63, 3.8) is 0 Å². The molecular formula is C14H21F3N2O. The maximum atomic E-state index is 13.0. The number of hydrogen-bond donors (Lipinski definition) is 2. The molecule has 0 aliphatic carbocycles. The second-order valence-electron chi connectivity index (χ2n) is 4.91. The van der Waals surface area contributed by atoms with Gasteiger partial charge in [-0.3, -0.25) is 0 Å². The summed E-state index contributed by atoms with van der Waals surface area (Å²) in [5, 5.41) is 8.89. The number of rotatable bonds is 6. The van der Waals surface area contributed by atoms with E-state index in [-0.39, 0.29) is 24.8 Å². The first-order valence-corrected chi connectivity index (χ1v) is 6.59. The molecule has 0 saturated carbocycles. The van der Waals surface area contributed by atoms with Crippen LogP contribution in [-0.4, -0.2) is 24.3 Å². The fraction of sp³-hybridized carbons (Fsp3) is 0.571. The van der Waals surface area contributed by atoms with E-state index in [4.69, 9.17) is 10.8 Å². The molecule has 0 heterocycles. The Morgan fingerprint density at radius 2 is 1.95 bits per heavy atom. The molecule has 0 radical (unpaired) electrons.